The second-order valence-corrected chi connectivity index (χ2v) is 7.18. The van der Waals surface area contributed by atoms with Crippen molar-refractivity contribution in [2.75, 3.05) is 6.61 Å². The Bertz CT molecular complexity index is 966. The number of benzene rings is 2. The van der Waals surface area contributed by atoms with E-state index in [0.717, 1.165) is 41.8 Å². The minimum Gasteiger partial charge on any atom is -0.493 e. The van der Waals surface area contributed by atoms with Gasteiger partial charge in [0.1, 0.15) is 11.3 Å². The van der Waals surface area contributed by atoms with E-state index >= 15 is 0 Å². The molecule has 3 aromatic rings. The van der Waals surface area contributed by atoms with Crippen LogP contribution < -0.4 is 10.1 Å². The number of carbonyl (C=O) groups excluding carboxylic acids is 1. The summed E-state index contributed by atoms with van der Waals surface area (Å²) < 4.78 is 7.48. The molecule has 1 amide bonds. The lowest BCUT2D eigenvalue weighted by Gasteiger charge is -2.21. The molecule has 4 rings (SSSR count). The average Bonchev–Trinajstić information content (AvgIpc) is 3.11. The van der Waals surface area contributed by atoms with Crippen molar-refractivity contribution < 1.29 is 9.53 Å². The predicted octanol–water partition coefficient (Wildman–Crippen LogP) is 3.58. The number of nitrogens with one attached hydrogen (secondary N) is 1. The minimum atomic E-state index is -0.0680. The summed E-state index contributed by atoms with van der Waals surface area (Å²) in [6.07, 6.45) is 2.42. The van der Waals surface area contributed by atoms with Crippen LogP contribution in [-0.2, 0) is 11.2 Å². The van der Waals surface area contributed by atoms with Crippen LogP contribution in [0.15, 0.2) is 42.5 Å². The molecular formula is C21H24N4O2. The van der Waals surface area contributed by atoms with Gasteiger partial charge in [0, 0.05) is 6.42 Å². The van der Waals surface area contributed by atoms with Gasteiger partial charge in [-0.3, -0.25) is 4.79 Å². The molecule has 0 unspecified atom stereocenters. The lowest BCUT2D eigenvalue weighted by molar-refractivity contribution is -0.122. The highest BCUT2D eigenvalue weighted by Crippen LogP contribution is 2.28. The van der Waals surface area contributed by atoms with Gasteiger partial charge in [0.15, 0.2) is 0 Å². The van der Waals surface area contributed by atoms with Crippen LogP contribution in [0.4, 0.5) is 0 Å². The highest BCUT2D eigenvalue weighted by Gasteiger charge is 2.18. The largest absolute Gasteiger partial charge is 0.493 e. The molecule has 0 radical (unpaired) electrons. The highest BCUT2D eigenvalue weighted by molar-refractivity contribution is 5.78. The fourth-order valence-corrected chi connectivity index (χ4v) is 3.60. The van der Waals surface area contributed by atoms with E-state index in [9.17, 15) is 4.79 Å². The number of aromatic nitrogens is 3. The second-order valence-electron chi connectivity index (χ2n) is 7.18. The van der Waals surface area contributed by atoms with Crippen LogP contribution in [0, 0.1) is 0 Å². The molecule has 27 heavy (non-hydrogen) atoms. The van der Waals surface area contributed by atoms with E-state index in [1.807, 2.05) is 54.9 Å². The Morgan fingerprint density at radius 2 is 2.11 bits per heavy atom. The number of rotatable bonds is 5. The first-order valence-corrected chi connectivity index (χ1v) is 9.47. The van der Waals surface area contributed by atoms with Gasteiger partial charge in [-0.1, -0.05) is 29.5 Å². The summed E-state index contributed by atoms with van der Waals surface area (Å²) in [5.74, 6) is 0.971. The summed E-state index contributed by atoms with van der Waals surface area (Å²) >= 11 is 0. The molecule has 0 saturated carbocycles. The summed E-state index contributed by atoms with van der Waals surface area (Å²) in [6, 6.07) is 13.9. The van der Waals surface area contributed by atoms with E-state index in [0.29, 0.717) is 6.42 Å². The van der Waals surface area contributed by atoms with Crippen LogP contribution in [0.2, 0.25) is 0 Å². The van der Waals surface area contributed by atoms with Gasteiger partial charge in [-0.15, -0.1) is 5.10 Å². The van der Waals surface area contributed by atoms with Crippen molar-refractivity contribution in [1.29, 1.82) is 0 Å². The molecule has 0 aliphatic carbocycles. The predicted molar refractivity (Wildman–Crippen MR) is 104 cm³/mol. The number of hydrogen-bond acceptors (Lipinski definition) is 4. The van der Waals surface area contributed by atoms with E-state index < -0.39 is 0 Å². The maximum atomic E-state index is 12.6. The van der Waals surface area contributed by atoms with E-state index in [4.69, 9.17) is 4.74 Å². The Labute approximate surface area is 158 Å². The van der Waals surface area contributed by atoms with Crippen LogP contribution in [-0.4, -0.2) is 27.5 Å². The van der Waals surface area contributed by atoms with Crippen LogP contribution >= 0.6 is 0 Å². The zero-order valence-corrected chi connectivity index (χ0v) is 15.7. The van der Waals surface area contributed by atoms with Crippen LogP contribution in [0.1, 0.15) is 49.9 Å². The Balaban J connectivity index is 1.41. The first-order valence-electron chi connectivity index (χ1n) is 9.47. The molecule has 2 aromatic carbocycles. The van der Waals surface area contributed by atoms with Crippen molar-refractivity contribution in [3.05, 3.63) is 53.6 Å². The van der Waals surface area contributed by atoms with Gasteiger partial charge in [-0.25, -0.2) is 4.68 Å². The standard InChI is InChI=1S/C21H24N4O2/c1-14(25-19-8-4-3-7-18(19)23-24-25)12-21(26)22-15(2)16-9-10-20-17(13-16)6-5-11-27-20/h3-4,7-10,13-15H,5-6,11-12H2,1-2H3,(H,22,26)/t14-,15-/m1/s1. The number of ether oxygens (including phenoxy) is 1. The van der Waals surface area contributed by atoms with E-state index in [1.165, 1.54) is 5.56 Å². The van der Waals surface area contributed by atoms with Gasteiger partial charge < -0.3 is 10.1 Å². The lowest BCUT2D eigenvalue weighted by Crippen LogP contribution is -2.29. The molecule has 0 saturated heterocycles. The Morgan fingerprint density at radius 3 is 3.00 bits per heavy atom. The SMILES string of the molecule is C[C@H](CC(=O)N[C@H](C)c1ccc2c(c1)CCCO2)n1nnc2ccccc21. The third-order valence-electron chi connectivity index (χ3n) is 5.09. The molecule has 0 bridgehead atoms. The third-order valence-corrected chi connectivity index (χ3v) is 5.09. The normalized spacial score (nSPS) is 15.6. The van der Waals surface area contributed by atoms with Crippen molar-refractivity contribution in [3.63, 3.8) is 0 Å². The Kier molecular flexibility index (Phi) is 4.79. The number of carbonyl (C=O) groups is 1. The maximum Gasteiger partial charge on any atom is 0.222 e. The number of nitrogens with zero attached hydrogens (tertiary/aromatic N) is 3. The molecule has 140 valence electrons. The monoisotopic (exact) mass is 364 g/mol. The first kappa shape index (κ1) is 17.5. The number of aryl methyl sites for hydroxylation is 1. The number of fused-ring (bicyclic) bond motifs is 2. The molecule has 1 aliphatic heterocycles. The fraction of sp³-hybridized carbons (Fsp3) is 0.381. The van der Waals surface area contributed by atoms with Gasteiger partial charge >= 0.3 is 0 Å². The van der Waals surface area contributed by atoms with Gasteiger partial charge in [-0.2, -0.15) is 0 Å². The summed E-state index contributed by atoms with van der Waals surface area (Å²) in [7, 11) is 0. The van der Waals surface area contributed by atoms with Crippen molar-refractivity contribution in [2.24, 2.45) is 0 Å². The average molecular weight is 364 g/mol. The molecular weight excluding hydrogens is 340 g/mol. The fourth-order valence-electron chi connectivity index (χ4n) is 3.60. The molecule has 0 fully saturated rings. The third kappa shape index (κ3) is 3.65. The van der Waals surface area contributed by atoms with Gasteiger partial charge in [0.05, 0.1) is 24.2 Å². The molecule has 1 aliphatic rings. The van der Waals surface area contributed by atoms with Crippen molar-refractivity contribution >= 4 is 16.9 Å². The molecule has 1 aromatic heterocycles. The van der Waals surface area contributed by atoms with Crippen LogP contribution in [0.25, 0.3) is 11.0 Å². The molecule has 1 N–H and O–H groups in total. The Morgan fingerprint density at radius 1 is 1.26 bits per heavy atom. The molecule has 6 heteroatoms. The molecule has 0 spiro atoms. The molecule has 2 heterocycles. The van der Waals surface area contributed by atoms with Crippen LogP contribution in [0.5, 0.6) is 5.75 Å². The summed E-state index contributed by atoms with van der Waals surface area (Å²) in [6.45, 7) is 4.79. The molecule has 2 atom stereocenters. The second kappa shape index (κ2) is 7.39. The van der Waals surface area contributed by atoms with Crippen molar-refractivity contribution in [3.8, 4) is 5.75 Å². The summed E-state index contributed by atoms with van der Waals surface area (Å²) in [5.41, 5.74) is 4.11. The first-order chi connectivity index (χ1) is 13.1. The smallest absolute Gasteiger partial charge is 0.222 e. The zero-order chi connectivity index (χ0) is 18.8. The Hall–Kier alpha value is -2.89. The maximum absolute atomic E-state index is 12.6. The van der Waals surface area contributed by atoms with Crippen LogP contribution in [0.3, 0.4) is 0 Å². The van der Waals surface area contributed by atoms with Gasteiger partial charge in [-0.05, 0) is 56.0 Å². The van der Waals surface area contributed by atoms with Crippen molar-refractivity contribution in [2.45, 2.75) is 45.2 Å². The summed E-state index contributed by atoms with van der Waals surface area (Å²) in [5, 5.41) is 11.5. The van der Waals surface area contributed by atoms with Gasteiger partial charge in [0.2, 0.25) is 5.91 Å². The van der Waals surface area contributed by atoms with E-state index in [-0.39, 0.29) is 18.0 Å². The number of para-hydroxylation sites is 1. The van der Waals surface area contributed by atoms with E-state index in [1.54, 1.807) is 0 Å². The lowest BCUT2D eigenvalue weighted by atomic mass is 10.00. The van der Waals surface area contributed by atoms with E-state index in [2.05, 4.69) is 21.7 Å². The zero-order valence-electron chi connectivity index (χ0n) is 15.7. The number of amides is 1. The molecule has 6 nitrogen and oxygen atoms in total. The highest BCUT2D eigenvalue weighted by atomic mass is 16.5. The van der Waals surface area contributed by atoms with Gasteiger partial charge in [0.25, 0.3) is 0 Å². The topological polar surface area (TPSA) is 69.0 Å². The van der Waals surface area contributed by atoms with Crippen molar-refractivity contribution in [1.82, 2.24) is 20.3 Å². The minimum absolute atomic E-state index is 0.00329. The summed E-state index contributed by atoms with van der Waals surface area (Å²) in [4.78, 5) is 12.6. The quantitative estimate of drug-likeness (QED) is 0.751. The number of hydrogen-bond donors (Lipinski definition) is 1.